The molecule has 1 unspecified atom stereocenters. The predicted octanol–water partition coefficient (Wildman–Crippen LogP) is 2.00. The predicted molar refractivity (Wildman–Crippen MR) is 60.5 cm³/mol. The smallest absolute Gasteiger partial charge is 0.0209 e. The molecule has 1 aliphatic heterocycles. The minimum Gasteiger partial charge on any atom is -0.310 e. The van der Waals surface area contributed by atoms with Crippen LogP contribution in [0.1, 0.15) is 46.0 Å². The first-order chi connectivity index (χ1) is 6.75. The molecule has 1 saturated heterocycles. The quantitative estimate of drug-likeness (QED) is 0.743. The third kappa shape index (κ3) is 2.48. The topological polar surface area (TPSA) is 15.3 Å². The molecule has 0 aromatic rings. The molecule has 0 aromatic heterocycles. The van der Waals surface area contributed by atoms with Gasteiger partial charge >= 0.3 is 0 Å². The summed E-state index contributed by atoms with van der Waals surface area (Å²) in [6, 6.07) is 2.35. The van der Waals surface area contributed by atoms with Gasteiger partial charge in [-0.1, -0.05) is 12.8 Å². The standard InChI is InChI=1S/C12H24N2/c1-10(2)14-8-7-12(9-14)13-11-5-3-4-6-11/h10-13H,3-9H2,1-2H3. The zero-order valence-corrected chi connectivity index (χ0v) is 9.63. The van der Waals surface area contributed by atoms with Crippen molar-refractivity contribution in [2.45, 2.75) is 64.1 Å². The molecule has 2 rings (SSSR count). The average molecular weight is 196 g/mol. The third-order valence-corrected chi connectivity index (χ3v) is 3.78. The van der Waals surface area contributed by atoms with Crippen LogP contribution in [-0.2, 0) is 0 Å². The Balaban J connectivity index is 1.72. The first-order valence-corrected chi connectivity index (χ1v) is 6.26. The van der Waals surface area contributed by atoms with E-state index in [9.17, 15) is 0 Å². The molecule has 0 amide bonds. The Morgan fingerprint density at radius 1 is 1.07 bits per heavy atom. The highest BCUT2D eigenvalue weighted by atomic mass is 15.2. The van der Waals surface area contributed by atoms with E-state index in [1.807, 2.05) is 0 Å². The van der Waals surface area contributed by atoms with Gasteiger partial charge in [-0.25, -0.2) is 0 Å². The Hall–Kier alpha value is -0.0800. The molecule has 1 saturated carbocycles. The molecule has 82 valence electrons. The van der Waals surface area contributed by atoms with Gasteiger partial charge in [-0.3, -0.25) is 4.90 Å². The normalized spacial score (nSPS) is 30.6. The van der Waals surface area contributed by atoms with Gasteiger partial charge in [0.1, 0.15) is 0 Å². The van der Waals surface area contributed by atoms with Crippen molar-refractivity contribution in [3.63, 3.8) is 0 Å². The van der Waals surface area contributed by atoms with E-state index in [4.69, 9.17) is 0 Å². The number of rotatable bonds is 3. The largest absolute Gasteiger partial charge is 0.310 e. The molecule has 2 nitrogen and oxygen atoms in total. The van der Waals surface area contributed by atoms with Gasteiger partial charge in [0.25, 0.3) is 0 Å². The fraction of sp³-hybridized carbons (Fsp3) is 1.00. The molecule has 1 atom stereocenters. The third-order valence-electron chi connectivity index (χ3n) is 3.78. The highest BCUT2D eigenvalue weighted by Crippen LogP contribution is 2.20. The molecule has 1 N–H and O–H groups in total. The average Bonchev–Trinajstić information content (AvgIpc) is 2.75. The second-order valence-corrected chi connectivity index (χ2v) is 5.22. The lowest BCUT2D eigenvalue weighted by molar-refractivity contribution is 0.265. The summed E-state index contributed by atoms with van der Waals surface area (Å²) >= 11 is 0. The Kier molecular flexibility index (Phi) is 3.45. The first-order valence-electron chi connectivity index (χ1n) is 6.26. The lowest BCUT2D eigenvalue weighted by Crippen LogP contribution is -2.39. The molecule has 14 heavy (non-hydrogen) atoms. The van der Waals surface area contributed by atoms with Gasteiger partial charge in [0, 0.05) is 24.7 Å². The van der Waals surface area contributed by atoms with Crippen LogP contribution in [-0.4, -0.2) is 36.1 Å². The molecule has 2 fully saturated rings. The Labute approximate surface area is 88.1 Å². The van der Waals surface area contributed by atoms with Crippen molar-refractivity contribution in [1.29, 1.82) is 0 Å². The van der Waals surface area contributed by atoms with Crippen LogP contribution in [0.4, 0.5) is 0 Å². The van der Waals surface area contributed by atoms with Crippen molar-refractivity contribution in [2.24, 2.45) is 0 Å². The van der Waals surface area contributed by atoms with E-state index < -0.39 is 0 Å². The minimum absolute atomic E-state index is 0.727. The summed E-state index contributed by atoms with van der Waals surface area (Å²) in [6.07, 6.45) is 7.07. The van der Waals surface area contributed by atoms with Crippen molar-refractivity contribution in [2.75, 3.05) is 13.1 Å². The van der Waals surface area contributed by atoms with E-state index in [1.54, 1.807) is 0 Å². The second kappa shape index (κ2) is 4.63. The van der Waals surface area contributed by atoms with Gasteiger partial charge in [-0.2, -0.15) is 0 Å². The maximum Gasteiger partial charge on any atom is 0.0209 e. The van der Waals surface area contributed by atoms with Crippen LogP contribution in [0, 0.1) is 0 Å². The molecule has 2 aliphatic rings. The zero-order chi connectivity index (χ0) is 9.97. The Morgan fingerprint density at radius 3 is 2.36 bits per heavy atom. The van der Waals surface area contributed by atoms with Crippen molar-refractivity contribution < 1.29 is 0 Å². The maximum absolute atomic E-state index is 3.82. The van der Waals surface area contributed by atoms with E-state index in [0.717, 1.165) is 18.1 Å². The van der Waals surface area contributed by atoms with Crippen LogP contribution in [0.25, 0.3) is 0 Å². The van der Waals surface area contributed by atoms with Crippen molar-refractivity contribution in [3.05, 3.63) is 0 Å². The Bertz CT molecular complexity index is 173. The Morgan fingerprint density at radius 2 is 1.79 bits per heavy atom. The molecular formula is C12H24N2. The van der Waals surface area contributed by atoms with Gasteiger partial charge in [0.2, 0.25) is 0 Å². The second-order valence-electron chi connectivity index (χ2n) is 5.22. The van der Waals surface area contributed by atoms with Crippen LogP contribution >= 0.6 is 0 Å². The van der Waals surface area contributed by atoms with Crippen LogP contribution in [0.2, 0.25) is 0 Å². The van der Waals surface area contributed by atoms with Crippen molar-refractivity contribution in [3.8, 4) is 0 Å². The molecule has 0 aromatic carbocycles. The summed E-state index contributed by atoms with van der Waals surface area (Å²) in [6.45, 7) is 7.17. The van der Waals surface area contributed by atoms with Gasteiger partial charge in [-0.15, -0.1) is 0 Å². The van der Waals surface area contributed by atoms with Crippen molar-refractivity contribution in [1.82, 2.24) is 10.2 Å². The number of hydrogen-bond donors (Lipinski definition) is 1. The van der Waals surface area contributed by atoms with Crippen LogP contribution < -0.4 is 5.32 Å². The fourth-order valence-electron chi connectivity index (χ4n) is 2.82. The summed E-state index contributed by atoms with van der Waals surface area (Å²) in [5.74, 6) is 0. The van der Waals surface area contributed by atoms with Crippen LogP contribution in [0.3, 0.4) is 0 Å². The maximum atomic E-state index is 3.82. The van der Waals surface area contributed by atoms with Gasteiger partial charge in [0.15, 0.2) is 0 Å². The first kappa shape index (κ1) is 10.4. The van der Waals surface area contributed by atoms with E-state index in [-0.39, 0.29) is 0 Å². The van der Waals surface area contributed by atoms with Gasteiger partial charge < -0.3 is 5.32 Å². The lowest BCUT2D eigenvalue weighted by Gasteiger charge is -2.22. The monoisotopic (exact) mass is 196 g/mol. The molecule has 0 spiro atoms. The number of nitrogens with zero attached hydrogens (tertiary/aromatic N) is 1. The summed E-state index contributed by atoms with van der Waals surface area (Å²) in [7, 11) is 0. The van der Waals surface area contributed by atoms with E-state index in [2.05, 4.69) is 24.1 Å². The molecule has 0 radical (unpaired) electrons. The van der Waals surface area contributed by atoms with Gasteiger partial charge in [0.05, 0.1) is 0 Å². The summed E-state index contributed by atoms with van der Waals surface area (Å²) in [4.78, 5) is 2.59. The fourth-order valence-corrected chi connectivity index (χ4v) is 2.82. The highest BCUT2D eigenvalue weighted by Gasteiger charge is 2.26. The highest BCUT2D eigenvalue weighted by molar-refractivity contribution is 4.86. The van der Waals surface area contributed by atoms with Crippen LogP contribution in [0.15, 0.2) is 0 Å². The summed E-state index contributed by atoms with van der Waals surface area (Å²) in [5.41, 5.74) is 0. The zero-order valence-electron chi connectivity index (χ0n) is 9.63. The SMILES string of the molecule is CC(C)N1CCC(NC2CCCC2)C1. The van der Waals surface area contributed by atoms with E-state index in [0.29, 0.717) is 0 Å². The summed E-state index contributed by atoms with van der Waals surface area (Å²) < 4.78 is 0. The molecule has 1 heterocycles. The molecule has 0 bridgehead atoms. The minimum atomic E-state index is 0.727. The number of hydrogen-bond acceptors (Lipinski definition) is 2. The van der Waals surface area contributed by atoms with E-state index in [1.165, 1.54) is 45.2 Å². The van der Waals surface area contributed by atoms with E-state index >= 15 is 0 Å². The number of nitrogens with one attached hydrogen (secondary N) is 1. The van der Waals surface area contributed by atoms with Gasteiger partial charge in [-0.05, 0) is 39.7 Å². The number of likely N-dealkylation sites (tertiary alicyclic amines) is 1. The van der Waals surface area contributed by atoms with Crippen molar-refractivity contribution >= 4 is 0 Å². The molecule has 2 heteroatoms. The molecule has 1 aliphatic carbocycles. The lowest BCUT2D eigenvalue weighted by atomic mass is 10.2. The van der Waals surface area contributed by atoms with Crippen LogP contribution in [0.5, 0.6) is 0 Å². The summed E-state index contributed by atoms with van der Waals surface area (Å²) in [5, 5.41) is 3.82. The molecular weight excluding hydrogens is 172 g/mol.